The molecule has 3 rings (SSSR count). The lowest BCUT2D eigenvalue weighted by Crippen LogP contribution is -2.53. The van der Waals surface area contributed by atoms with Crippen molar-refractivity contribution in [2.24, 2.45) is 5.92 Å². The molecule has 1 saturated carbocycles. The maximum Gasteiger partial charge on any atom is 0.260 e. The van der Waals surface area contributed by atoms with E-state index >= 15 is 0 Å². The molecule has 0 spiro atoms. The Morgan fingerprint density at radius 2 is 2.00 bits per heavy atom. The van der Waals surface area contributed by atoms with Crippen LogP contribution in [0.2, 0.25) is 0 Å². The highest BCUT2D eigenvalue weighted by Crippen LogP contribution is 2.27. The summed E-state index contributed by atoms with van der Waals surface area (Å²) in [6.45, 7) is 8.22. The van der Waals surface area contributed by atoms with Gasteiger partial charge in [-0.1, -0.05) is 31.9 Å². The standard InChI is InChI=1S/C20H30N2O2/c1-16-5-3-7-18(13-16)21-9-11-22(12-10-21)20(23)15-24-19-8-4-6-17(2)14-19/h4,6,8,14,16,18H,3,5,7,9-13,15H2,1-2H3/t16-,18+/m1/s1. The van der Waals surface area contributed by atoms with Crippen molar-refractivity contribution in [2.75, 3.05) is 32.8 Å². The highest BCUT2D eigenvalue weighted by molar-refractivity contribution is 5.77. The van der Waals surface area contributed by atoms with E-state index in [-0.39, 0.29) is 12.5 Å². The molecule has 2 aliphatic rings. The third kappa shape index (κ3) is 4.50. The van der Waals surface area contributed by atoms with Gasteiger partial charge in [0.25, 0.3) is 5.91 Å². The van der Waals surface area contributed by atoms with Gasteiger partial charge in [-0.05, 0) is 43.4 Å². The second-order valence-electron chi connectivity index (χ2n) is 7.45. The van der Waals surface area contributed by atoms with Crippen molar-refractivity contribution in [1.29, 1.82) is 0 Å². The van der Waals surface area contributed by atoms with Crippen LogP contribution < -0.4 is 4.74 Å². The number of hydrogen-bond donors (Lipinski definition) is 0. The first-order chi connectivity index (χ1) is 11.6. The Kier molecular flexibility index (Phi) is 5.77. The molecule has 0 N–H and O–H groups in total. The highest BCUT2D eigenvalue weighted by atomic mass is 16.5. The fraction of sp³-hybridized carbons (Fsp3) is 0.650. The molecule has 0 unspecified atom stereocenters. The molecule has 1 saturated heterocycles. The highest BCUT2D eigenvalue weighted by Gasteiger charge is 2.28. The average molecular weight is 330 g/mol. The summed E-state index contributed by atoms with van der Waals surface area (Å²) >= 11 is 0. The minimum absolute atomic E-state index is 0.105. The maximum absolute atomic E-state index is 12.4. The van der Waals surface area contributed by atoms with Gasteiger partial charge in [-0.2, -0.15) is 0 Å². The van der Waals surface area contributed by atoms with Gasteiger partial charge in [0, 0.05) is 32.2 Å². The molecular formula is C20H30N2O2. The van der Waals surface area contributed by atoms with Crippen LogP contribution in [0.4, 0.5) is 0 Å². The van der Waals surface area contributed by atoms with Crippen LogP contribution in [0.25, 0.3) is 0 Å². The van der Waals surface area contributed by atoms with Gasteiger partial charge in [0.1, 0.15) is 5.75 Å². The van der Waals surface area contributed by atoms with Crippen molar-refractivity contribution in [3.8, 4) is 5.75 Å². The molecule has 1 amide bonds. The van der Waals surface area contributed by atoms with E-state index in [4.69, 9.17) is 4.74 Å². The molecule has 1 aromatic rings. The number of benzene rings is 1. The maximum atomic E-state index is 12.4. The molecular weight excluding hydrogens is 300 g/mol. The number of carbonyl (C=O) groups is 1. The lowest BCUT2D eigenvalue weighted by Gasteiger charge is -2.42. The molecule has 24 heavy (non-hydrogen) atoms. The summed E-state index contributed by atoms with van der Waals surface area (Å²) in [5, 5.41) is 0. The van der Waals surface area contributed by atoms with Crippen LogP contribution in [0.1, 0.15) is 38.2 Å². The Labute approximate surface area is 145 Å². The largest absolute Gasteiger partial charge is 0.484 e. The quantitative estimate of drug-likeness (QED) is 0.850. The van der Waals surface area contributed by atoms with Crippen LogP contribution in [0.3, 0.4) is 0 Å². The predicted octanol–water partition coefficient (Wildman–Crippen LogP) is 3.10. The Morgan fingerprint density at radius 1 is 1.21 bits per heavy atom. The number of amides is 1. The molecule has 2 atom stereocenters. The smallest absolute Gasteiger partial charge is 0.260 e. The van der Waals surface area contributed by atoms with Crippen LogP contribution in [-0.4, -0.2) is 54.5 Å². The monoisotopic (exact) mass is 330 g/mol. The summed E-state index contributed by atoms with van der Waals surface area (Å²) in [5.74, 6) is 1.73. The number of hydrogen-bond acceptors (Lipinski definition) is 3. The molecule has 0 aromatic heterocycles. The topological polar surface area (TPSA) is 32.8 Å². The molecule has 1 aliphatic carbocycles. The van der Waals surface area contributed by atoms with Crippen LogP contribution >= 0.6 is 0 Å². The molecule has 4 heteroatoms. The number of aryl methyl sites for hydroxylation is 1. The number of rotatable bonds is 4. The first-order valence-electron chi connectivity index (χ1n) is 9.33. The Bertz CT molecular complexity index is 552. The molecule has 1 aromatic carbocycles. The van der Waals surface area contributed by atoms with Crippen LogP contribution in [0, 0.1) is 12.8 Å². The van der Waals surface area contributed by atoms with Crippen LogP contribution in [-0.2, 0) is 4.79 Å². The summed E-state index contributed by atoms with van der Waals surface area (Å²) in [6.07, 6.45) is 5.39. The van der Waals surface area contributed by atoms with E-state index in [1.165, 1.54) is 25.7 Å². The average Bonchev–Trinajstić information content (AvgIpc) is 2.60. The molecule has 132 valence electrons. The fourth-order valence-corrected chi connectivity index (χ4v) is 4.01. The Balaban J connectivity index is 1.43. The molecule has 1 heterocycles. The van der Waals surface area contributed by atoms with Crippen molar-refractivity contribution < 1.29 is 9.53 Å². The van der Waals surface area contributed by atoms with E-state index < -0.39 is 0 Å². The molecule has 2 fully saturated rings. The van der Waals surface area contributed by atoms with Crippen molar-refractivity contribution in [3.63, 3.8) is 0 Å². The second-order valence-corrected chi connectivity index (χ2v) is 7.45. The minimum atomic E-state index is 0.105. The van der Waals surface area contributed by atoms with E-state index in [0.717, 1.165) is 49.5 Å². The molecule has 0 radical (unpaired) electrons. The normalized spacial score (nSPS) is 25.5. The zero-order chi connectivity index (χ0) is 16.9. The number of carbonyl (C=O) groups excluding carboxylic acids is 1. The molecule has 0 bridgehead atoms. The zero-order valence-corrected chi connectivity index (χ0v) is 15.0. The predicted molar refractivity (Wildman–Crippen MR) is 96.2 cm³/mol. The van der Waals surface area contributed by atoms with E-state index in [9.17, 15) is 4.79 Å². The third-order valence-electron chi connectivity index (χ3n) is 5.44. The molecule has 1 aliphatic heterocycles. The number of piperazine rings is 1. The van der Waals surface area contributed by atoms with E-state index in [1.807, 2.05) is 36.1 Å². The van der Waals surface area contributed by atoms with Crippen LogP contribution in [0.15, 0.2) is 24.3 Å². The van der Waals surface area contributed by atoms with Gasteiger partial charge in [-0.3, -0.25) is 9.69 Å². The Hall–Kier alpha value is -1.55. The SMILES string of the molecule is Cc1cccc(OCC(=O)N2CCN([C@H]3CCC[C@@H](C)C3)CC2)c1. The number of ether oxygens (including phenoxy) is 1. The summed E-state index contributed by atoms with van der Waals surface area (Å²) in [6, 6.07) is 8.59. The summed E-state index contributed by atoms with van der Waals surface area (Å²) in [4.78, 5) is 16.9. The minimum Gasteiger partial charge on any atom is -0.484 e. The van der Waals surface area contributed by atoms with Gasteiger partial charge < -0.3 is 9.64 Å². The van der Waals surface area contributed by atoms with Gasteiger partial charge in [0.05, 0.1) is 0 Å². The van der Waals surface area contributed by atoms with Crippen molar-refractivity contribution in [2.45, 2.75) is 45.6 Å². The summed E-state index contributed by atoms with van der Waals surface area (Å²) in [7, 11) is 0. The summed E-state index contributed by atoms with van der Waals surface area (Å²) in [5.41, 5.74) is 1.15. The van der Waals surface area contributed by atoms with Crippen molar-refractivity contribution in [1.82, 2.24) is 9.80 Å². The lowest BCUT2D eigenvalue weighted by molar-refractivity contribution is -0.135. The molecule has 4 nitrogen and oxygen atoms in total. The van der Waals surface area contributed by atoms with Crippen LogP contribution in [0.5, 0.6) is 5.75 Å². The van der Waals surface area contributed by atoms with Gasteiger partial charge >= 0.3 is 0 Å². The van der Waals surface area contributed by atoms with Crippen molar-refractivity contribution >= 4 is 5.91 Å². The van der Waals surface area contributed by atoms with Gasteiger partial charge in [0.2, 0.25) is 0 Å². The lowest BCUT2D eigenvalue weighted by atomic mass is 9.86. The van der Waals surface area contributed by atoms with E-state index in [1.54, 1.807) is 0 Å². The van der Waals surface area contributed by atoms with Crippen molar-refractivity contribution in [3.05, 3.63) is 29.8 Å². The number of nitrogens with zero attached hydrogens (tertiary/aromatic N) is 2. The second kappa shape index (κ2) is 8.02. The third-order valence-corrected chi connectivity index (χ3v) is 5.44. The first kappa shape index (κ1) is 17.3. The summed E-state index contributed by atoms with van der Waals surface area (Å²) < 4.78 is 5.65. The van der Waals surface area contributed by atoms with Gasteiger partial charge in [-0.15, -0.1) is 0 Å². The fourth-order valence-electron chi connectivity index (χ4n) is 4.01. The van der Waals surface area contributed by atoms with E-state index in [2.05, 4.69) is 11.8 Å². The first-order valence-corrected chi connectivity index (χ1v) is 9.33. The zero-order valence-electron chi connectivity index (χ0n) is 15.0. The van der Waals surface area contributed by atoms with Gasteiger partial charge in [-0.25, -0.2) is 0 Å². The Morgan fingerprint density at radius 3 is 2.71 bits per heavy atom. The van der Waals surface area contributed by atoms with E-state index in [0.29, 0.717) is 0 Å². The van der Waals surface area contributed by atoms with Gasteiger partial charge in [0.15, 0.2) is 6.61 Å².